The molecule has 0 radical (unpaired) electrons. The molecule has 0 spiro atoms. The third kappa shape index (κ3) is 2.63. The Labute approximate surface area is 116 Å². The fourth-order valence-corrected chi connectivity index (χ4v) is 2.93. The Morgan fingerprint density at radius 3 is 2.50 bits per heavy atom. The van der Waals surface area contributed by atoms with Crippen LogP contribution in [0.5, 0.6) is 0 Å². The third-order valence-corrected chi connectivity index (χ3v) is 4.57. The van der Waals surface area contributed by atoms with Crippen LogP contribution in [-0.4, -0.2) is 15.5 Å². The van der Waals surface area contributed by atoms with E-state index in [4.69, 9.17) is 5.26 Å². The maximum Gasteiger partial charge on any atom is 0.264 e. The van der Waals surface area contributed by atoms with Crippen LogP contribution in [0.1, 0.15) is 5.56 Å². The van der Waals surface area contributed by atoms with Gasteiger partial charge >= 0.3 is 0 Å². The monoisotopic (exact) mass is 290 g/mol. The third-order valence-electron chi connectivity index (χ3n) is 2.79. The molecule has 0 aliphatic carbocycles. The van der Waals surface area contributed by atoms with Gasteiger partial charge in [0.15, 0.2) is 0 Å². The second kappa shape index (κ2) is 5.31. The Morgan fingerprint density at radius 1 is 1.15 bits per heavy atom. The number of rotatable bonds is 3. The number of halogens is 1. The number of benzene rings is 2. The summed E-state index contributed by atoms with van der Waals surface area (Å²) in [6.45, 7) is 0. The van der Waals surface area contributed by atoms with E-state index in [-0.39, 0.29) is 16.1 Å². The second-order valence-electron chi connectivity index (χ2n) is 4.09. The number of anilines is 1. The van der Waals surface area contributed by atoms with Gasteiger partial charge in [-0.1, -0.05) is 12.1 Å². The van der Waals surface area contributed by atoms with Gasteiger partial charge in [0.25, 0.3) is 10.0 Å². The van der Waals surface area contributed by atoms with E-state index in [2.05, 4.69) is 0 Å². The molecule has 0 unspecified atom stereocenters. The Kier molecular flexibility index (Phi) is 3.72. The Bertz CT molecular complexity index is 782. The van der Waals surface area contributed by atoms with Crippen molar-refractivity contribution in [1.29, 1.82) is 5.26 Å². The molecular formula is C14H11FN2O2S. The number of sulfonamides is 1. The maximum atomic E-state index is 13.2. The minimum Gasteiger partial charge on any atom is -0.269 e. The number of nitriles is 1. The first-order valence-electron chi connectivity index (χ1n) is 5.70. The van der Waals surface area contributed by atoms with Gasteiger partial charge in [-0.2, -0.15) is 5.26 Å². The minimum absolute atomic E-state index is 0.0108. The second-order valence-corrected chi connectivity index (χ2v) is 6.06. The number of hydrogen-bond donors (Lipinski definition) is 0. The first kappa shape index (κ1) is 14.0. The van der Waals surface area contributed by atoms with E-state index in [0.29, 0.717) is 0 Å². The average Bonchev–Trinajstić information content (AvgIpc) is 2.46. The fourth-order valence-electron chi connectivity index (χ4n) is 1.69. The molecule has 0 saturated heterocycles. The van der Waals surface area contributed by atoms with Crippen LogP contribution in [0.4, 0.5) is 10.1 Å². The van der Waals surface area contributed by atoms with Crippen molar-refractivity contribution in [3.05, 3.63) is 59.9 Å². The molecule has 102 valence electrons. The van der Waals surface area contributed by atoms with Gasteiger partial charge in [-0.15, -0.1) is 0 Å². The predicted octanol–water partition coefficient (Wildman–Crippen LogP) is 2.52. The van der Waals surface area contributed by atoms with Gasteiger partial charge < -0.3 is 0 Å². The van der Waals surface area contributed by atoms with Gasteiger partial charge in [0.1, 0.15) is 5.82 Å². The molecule has 0 saturated carbocycles. The van der Waals surface area contributed by atoms with Crippen molar-refractivity contribution in [2.75, 3.05) is 11.4 Å². The van der Waals surface area contributed by atoms with Gasteiger partial charge in [0, 0.05) is 7.05 Å². The van der Waals surface area contributed by atoms with Gasteiger partial charge in [0.05, 0.1) is 22.2 Å². The normalized spacial score (nSPS) is 10.8. The zero-order valence-corrected chi connectivity index (χ0v) is 11.4. The van der Waals surface area contributed by atoms with Crippen molar-refractivity contribution >= 4 is 15.7 Å². The van der Waals surface area contributed by atoms with Crippen LogP contribution in [-0.2, 0) is 10.0 Å². The molecule has 0 fully saturated rings. The Balaban J connectivity index is 2.47. The van der Waals surface area contributed by atoms with Gasteiger partial charge in [-0.25, -0.2) is 12.8 Å². The molecule has 0 heterocycles. The first-order valence-corrected chi connectivity index (χ1v) is 7.14. The van der Waals surface area contributed by atoms with Crippen LogP contribution < -0.4 is 4.31 Å². The largest absolute Gasteiger partial charge is 0.269 e. The summed E-state index contributed by atoms with van der Waals surface area (Å²) in [6, 6.07) is 12.9. The van der Waals surface area contributed by atoms with Crippen LogP contribution in [0.2, 0.25) is 0 Å². The van der Waals surface area contributed by atoms with Crippen LogP contribution in [0.15, 0.2) is 53.4 Å². The van der Waals surface area contributed by atoms with Gasteiger partial charge in [-0.05, 0) is 36.4 Å². The molecule has 0 atom stereocenters. The molecule has 2 aromatic carbocycles. The first-order chi connectivity index (χ1) is 9.45. The van der Waals surface area contributed by atoms with Crippen molar-refractivity contribution in [1.82, 2.24) is 0 Å². The summed E-state index contributed by atoms with van der Waals surface area (Å²) in [6.07, 6.45) is 0. The Morgan fingerprint density at radius 2 is 1.85 bits per heavy atom. The van der Waals surface area contributed by atoms with Crippen LogP contribution in [0.3, 0.4) is 0 Å². The molecule has 0 amide bonds. The molecule has 0 bridgehead atoms. The highest BCUT2D eigenvalue weighted by molar-refractivity contribution is 7.92. The molecule has 2 rings (SSSR count). The van der Waals surface area contributed by atoms with Crippen molar-refractivity contribution < 1.29 is 12.8 Å². The molecule has 4 nitrogen and oxygen atoms in total. The van der Waals surface area contributed by atoms with Crippen LogP contribution in [0, 0.1) is 17.1 Å². The molecule has 0 N–H and O–H groups in total. The van der Waals surface area contributed by atoms with Gasteiger partial charge in [0.2, 0.25) is 0 Å². The summed E-state index contributed by atoms with van der Waals surface area (Å²) in [5, 5.41) is 8.81. The molecule has 0 aliphatic heterocycles. The van der Waals surface area contributed by atoms with E-state index in [0.717, 1.165) is 10.4 Å². The van der Waals surface area contributed by atoms with E-state index < -0.39 is 15.8 Å². The minimum atomic E-state index is -3.83. The number of nitrogens with zero attached hydrogens (tertiary/aromatic N) is 2. The van der Waals surface area contributed by atoms with Crippen molar-refractivity contribution in [2.45, 2.75) is 4.90 Å². The maximum absolute atomic E-state index is 13.2. The SMILES string of the molecule is CN(c1cccc(F)c1)S(=O)(=O)c1cccc(C#N)c1. The lowest BCUT2D eigenvalue weighted by Gasteiger charge is -2.19. The average molecular weight is 290 g/mol. The Hall–Kier alpha value is -2.39. The van der Waals surface area contributed by atoms with E-state index in [1.54, 1.807) is 0 Å². The molecule has 0 aromatic heterocycles. The highest BCUT2D eigenvalue weighted by atomic mass is 32.2. The number of hydrogen-bond acceptors (Lipinski definition) is 3. The zero-order chi connectivity index (χ0) is 14.8. The highest BCUT2D eigenvalue weighted by Gasteiger charge is 2.21. The standard InChI is InChI=1S/C14H11FN2O2S/c1-17(13-6-3-5-12(15)9-13)20(18,19)14-7-2-4-11(8-14)10-16/h2-9H,1H3. The summed E-state index contributed by atoms with van der Waals surface area (Å²) < 4.78 is 39.0. The molecule has 2 aromatic rings. The van der Waals surface area contributed by atoms with E-state index in [1.807, 2.05) is 6.07 Å². The molecular weight excluding hydrogens is 279 g/mol. The van der Waals surface area contributed by atoms with E-state index in [1.165, 1.54) is 49.5 Å². The lowest BCUT2D eigenvalue weighted by molar-refractivity contribution is 0.594. The summed E-state index contributed by atoms with van der Waals surface area (Å²) in [5.41, 5.74) is 0.464. The fraction of sp³-hybridized carbons (Fsp3) is 0.0714. The van der Waals surface area contributed by atoms with E-state index >= 15 is 0 Å². The summed E-state index contributed by atoms with van der Waals surface area (Å²) >= 11 is 0. The summed E-state index contributed by atoms with van der Waals surface area (Å²) in [4.78, 5) is -0.0108. The van der Waals surface area contributed by atoms with Gasteiger partial charge in [-0.3, -0.25) is 4.31 Å². The van der Waals surface area contributed by atoms with E-state index in [9.17, 15) is 12.8 Å². The van der Waals surface area contributed by atoms with Crippen molar-refractivity contribution in [2.24, 2.45) is 0 Å². The highest BCUT2D eigenvalue weighted by Crippen LogP contribution is 2.22. The lowest BCUT2D eigenvalue weighted by Crippen LogP contribution is -2.26. The smallest absolute Gasteiger partial charge is 0.264 e. The molecule has 0 aliphatic rings. The predicted molar refractivity (Wildman–Crippen MR) is 73.1 cm³/mol. The molecule has 20 heavy (non-hydrogen) atoms. The summed E-state index contributed by atoms with van der Waals surface area (Å²) in [7, 11) is -2.49. The van der Waals surface area contributed by atoms with Crippen LogP contribution in [0.25, 0.3) is 0 Å². The lowest BCUT2D eigenvalue weighted by atomic mass is 10.2. The zero-order valence-electron chi connectivity index (χ0n) is 10.6. The summed E-state index contributed by atoms with van der Waals surface area (Å²) in [5.74, 6) is -0.518. The van der Waals surface area contributed by atoms with Crippen molar-refractivity contribution in [3.8, 4) is 6.07 Å². The topological polar surface area (TPSA) is 61.2 Å². The van der Waals surface area contributed by atoms with Crippen molar-refractivity contribution in [3.63, 3.8) is 0 Å². The quantitative estimate of drug-likeness (QED) is 0.872. The molecule has 6 heteroatoms. The van der Waals surface area contributed by atoms with Crippen LogP contribution >= 0.6 is 0 Å².